The van der Waals surface area contributed by atoms with Crippen LogP contribution in [0.2, 0.25) is 0 Å². The number of hydrogen-bond acceptors (Lipinski definition) is 10. The fraction of sp³-hybridized carbons (Fsp3) is 0.550. The normalized spacial score (nSPS) is 14.6. The molecule has 0 aromatic carbocycles. The van der Waals surface area contributed by atoms with Gasteiger partial charge in [-0.1, -0.05) is 186 Å². The molecule has 0 radical (unpaired) electrons. The van der Waals surface area contributed by atoms with Crippen LogP contribution >= 0.6 is 7.82 Å². The molecular weight excluding hydrogens is 928 g/mol. The molecule has 0 aliphatic heterocycles. The van der Waals surface area contributed by atoms with Crippen molar-refractivity contribution in [2.45, 2.75) is 187 Å². The van der Waals surface area contributed by atoms with Crippen molar-refractivity contribution in [3.63, 3.8) is 0 Å². The number of aliphatic hydroxyl groups is 1. The van der Waals surface area contributed by atoms with Gasteiger partial charge in [-0.15, -0.1) is 0 Å². The number of rotatable bonds is 47. The Morgan fingerprint density at radius 3 is 1.15 bits per heavy atom. The molecule has 0 spiro atoms. The molecule has 0 aliphatic carbocycles. The maximum absolute atomic E-state index is 12.9. The number of phosphoric ester groups is 1. The van der Waals surface area contributed by atoms with Gasteiger partial charge in [-0.05, 0) is 116 Å². The van der Waals surface area contributed by atoms with Crippen LogP contribution in [0.5, 0.6) is 0 Å². The molecule has 0 aromatic heterocycles. The fourth-order valence-electron chi connectivity index (χ4n) is 6.32. The van der Waals surface area contributed by atoms with Crippen LogP contribution in [0.4, 0.5) is 0 Å². The standard InChI is InChI=1S/C60H93O11P/c1-4-7-10-13-16-19-22-25-27-28-30-32-34-37-40-43-46-49-58(62)67-53-57(71-60(64)51-48-45-42-39-36-33-29-26-23-20-17-14-11-8-5-2)55-69-72(65,66)68-54-56(52-61)70-59(63)50-47-44-41-38-35-31-24-21-18-15-12-9-6-3/h7-12,16-21,25-27,29-32,35-36,39,45,48,56-57,61H,4-6,13-15,22-24,28,33-34,37-38,40-44,46-47,49-55H2,1-3H3,(H,65,66)/b10-7-,11-8-,12-9-,19-16-,20-17-,21-18-,27-25-,29-26-,32-30-,35-31-,39-36-,48-45-. The van der Waals surface area contributed by atoms with E-state index in [2.05, 4.69) is 142 Å². The van der Waals surface area contributed by atoms with Gasteiger partial charge in [0.2, 0.25) is 0 Å². The van der Waals surface area contributed by atoms with Crippen molar-refractivity contribution in [2.75, 3.05) is 26.4 Å². The number of aliphatic hydroxyl groups excluding tert-OH is 1. The highest BCUT2D eigenvalue weighted by molar-refractivity contribution is 7.47. The molecule has 0 saturated heterocycles. The van der Waals surface area contributed by atoms with Gasteiger partial charge < -0.3 is 24.2 Å². The van der Waals surface area contributed by atoms with Gasteiger partial charge in [-0.3, -0.25) is 23.4 Å². The van der Waals surface area contributed by atoms with Crippen molar-refractivity contribution < 1.29 is 52.2 Å². The van der Waals surface area contributed by atoms with Crippen LogP contribution in [-0.4, -0.2) is 66.5 Å². The van der Waals surface area contributed by atoms with Crippen LogP contribution in [0.15, 0.2) is 146 Å². The van der Waals surface area contributed by atoms with Crippen molar-refractivity contribution in [3.8, 4) is 0 Å². The Bertz CT molecular complexity index is 1760. The Balaban J connectivity index is 4.94. The van der Waals surface area contributed by atoms with Gasteiger partial charge in [0, 0.05) is 12.8 Å². The number of allylic oxidation sites excluding steroid dienone is 23. The SMILES string of the molecule is CC/C=C\C/C=C\C/C=C\C/C=C\C/C=C\CC(=O)OC(COC(=O)CCCCCC/C=C\C/C=C\C/C=C\C/C=C\CC)COP(=O)(O)OCC(CO)OC(=O)CCCCC/C=C\C/C=C\C/C=C\CC. The van der Waals surface area contributed by atoms with E-state index in [1.165, 1.54) is 0 Å². The van der Waals surface area contributed by atoms with Crippen LogP contribution in [0.25, 0.3) is 0 Å². The van der Waals surface area contributed by atoms with Crippen LogP contribution in [0.1, 0.15) is 175 Å². The fourth-order valence-corrected chi connectivity index (χ4v) is 7.10. The summed E-state index contributed by atoms with van der Waals surface area (Å²) in [5.74, 6) is -1.70. The summed E-state index contributed by atoms with van der Waals surface area (Å²) in [6, 6.07) is 0. The van der Waals surface area contributed by atoms with Gasteiger partial charge in [-0.2, -0.15) is 0 Å². The van der Waals surface area contributed by atoms with E-state index in [9.17, 15) is 28.9 Å². The molecule has 3 atom stereocenters. The third kappa shape index (κ3) is 50.3. The average molecular weight is 1020 g/mol. The first-order chi connectivity index (χ1) is 35.2. The Kier molecular flexibility index (Phi) is 49.3. The predicted molar refractivity (Wildman–Crippen MR) is 297 cm³/mol. The van der Waals surface area contributed by atoms with Crippen LogP contribution in [0, 0.1) is 0 Å². The van der Waals surface area contributed by atoms with E-state index in [1.807, 2.05) is 18.2 Å². The van der Waals surface area contributed by atoms with E-state index in [-0.39, 0.29) is 19.3 Å². The first-order valence-corrected chi connectivity index (χ1v) is 28.2. The molecule has 11 nitrogen and oxygen atoms in total. The maximum atomic E-state index is 12.9. The lowest BCUT2D eigenvalue weighted by molar-refractivity contribution is -0.160. The van der Waals surface area contributed by atoms with Gasteiger partial charge in [0.05, 0.1) is 26.2 Å². The second-order valence-electron chi connectivity index (χ2n) is 16.9. The molecule has 12 heteroatoms. The van der Waals surface area contributed by atoms with Crippen molar-refractivity contribution in [1.82, 2.24) is 0 Å². The highest BCUT2D eigenvalue weighted by atomic mass is 31.2. The lowest BCUT2D eigenvalue weighted by Gasteiger charge is -2.21. The number of hydrogen-bond donors (Lipinski definition) is 2. The summed E-state index contributed by atoms with van der Waals surface area (Å²) in [5, 5.41) is 9.78. The third-order valence-corrected chi connectivity index (χ3v) is 11.2. The van der Waals surface area contributed by atoms with Gasteiger partial charge in [-0.25, -0.2) is 4.57 Å². The summed E-state index contributed by atoms with van der Waals surface area (Å²) in [4.78, 5) is 48.3. The number of esters is 3. The summed E-state index contributed by atoms with van der Waals surface area (Å²) in [6.07, 6.45) is 67.1. The average Bonchev–Trinajstić information content (AvgIpc) is 3.37. The molecule has 3 unspecified atom stereocenters. The number of carbonyl (C=O) groups is 3. The zero-order valence-electron chi connectivity index (χ0n) is 44.3. The molecule has 72 heavy (non-hydrogen) atoms. The number of phosphoric acid groups is 1. The zero-order chi connectivity index (χ0) is 52.7. The third-order valence-electron chi connectivity index (χ3n) is 10.3. The highest BCUT2D eigenvalue weighted by Gasteiger charge is 2.28. The molecule has 0 amide bonds. The second kappa shape index (κ2) is 52.7. The Labute approximate surface area is 435 Å². The topological polar surface area (TPSA) is 155 Å². The monoisotopic (exact) mass is 1020 g/mol. The van der Waals surface area contributed by atoms with E-state index >= 15 is 0 Å². The van der Waals surface area contributed by atoms with Gasteiger partial charge in [0.1, 0.15) is 12.7 Å². The van der Waals surface area contributed by atoms with E-state index in [0.717, 1.165) is 116 Å². The molecule has 0 aliphatic rings. The molecule has 0 saturated carbocycles. The van der Waals surface area contributed by atoms with Crippen molar-refractivity contribution >= 4 is 25.7 Å². The predicted octanol–water partition coefficient (Wildman–Crippen LogP) is 15.6. The quantitative estimate of drug-likeness (QED) is 0.0197. The Hall–Kier alpha value is -4.64. The minimum Gasteiger partial charge on any atom is -0.462 e. The lowest BCUT2D eigenvalue weighted by Crippen LogP contribution is -2.30. The first kappa shape index (κ1) is 67.4. The second-order valence-corrected chi connectivity index (χ2v) is 18.4. The lowest BCUT2D eigenvalue weighted by atomic mass is 10.1. The van der Waals surface area contributed by atoms with Gasteiger partial charge in [0.25, 0.3) is 0 Å². The van der Waals surface area contributed by atoms with Gasteiger partial charge >= 0.3 is 25.7 Å². The molecule has 0 heterocycles. The minimum absolute atomic E-state index is 0.0811. The highest BCUT2D eigenvalue weighted by Crippen LogP contribution is 2.43. The molecule has 0 rings (SSSR count). The van der Waals surface area contributed by atoms with Crippen molar-refractivity contribution in [2.24, 2.45) is 0 Å². The maximum Gasteiger partial charge on any atom is 0.472 e. The number of unbranched alkanes of at least 4 members (excludes halogenated alkanes) is 7. The molecule has 404 valence electrons. The Morgan fingerprint density at radius 1 is 0.403 bits per heavy atom. The molecule has 0 aromatic rings. The molecular formula is C60H93O11P. The number of carbonyl (C=O) groups excluding carboxylic acids is 3. The van der Waals surface area contributed by atoms with Crippen molar-refractivity contribution in [1.29, 1.82) is 0 Å². The summed E-state index contributed by atoms with van der Waals surface area (Å²) >= 11 is 0. The van der Waals surface area contributed by atoms with E-state index in [1.54, 1.807) is 6.08 Å². The zero-order valence-corrected chi connectivity index (χ0v) is 45.2. The van der Waals surface area contributed by atoms with Crippen molar-refractivity contribution in [3.05, 3.63) is 146 Å². The molecule has 2 N–H and O–H groups in total. The summed E-state index contributed by atoms with van der Waals surface area (Å²) in [6.45, 7) is 4.08. The molecule has 0 fully saturated rings. The summed E-state index contributed by atoms with van der Waals surface area (Å²) in [5.41, 5.74) is 0. The largest absolute Gasteiger partial charge is 0.472 e. The minimum atomic E-state index is -4.79. The van der Waals surface area contributed by atoms with Crippen LogP contribution in [-0.2, 0) is 42.2 Å². The van der Waals surface area contributed by atoms with Gasteiger partial charge in [0.15, 0.2) is 6.10 Å². The first-order valence-electron chi connectivity index (χ1n) is 26.7. The van der Waals surface area contributed by atoms with Crippen LogP contribution in [0.3, 0.4) is 0 Å². The summed E-state index contributed by atoms with van der Waals surface area (Å²) in [7, 11) is -4.79. The number of ether oxygens (including phenoxy) is 3. The summed E-state index contributed by atoms with van der Waals surface area (Å²) < 4.78 is 39.2. The van der Waals surface area contributed by atoms with E-state index in [0.29, 0.717) is 19.3 Å². The van der Waals surface area contributed by atoms with Crippen LogP contribution < -0.4 is 0 Å². The van der Waals surface area contributed by atoms with E-state index < -0.39 is 64.4 Å². The molecule has 0 bridgehead atoms. The smallest absolute Gasteiger partial charge is 0.462 e. The Morgan fingerprint density at radius 2 is 0.736 bits per heavy atom. The van der Waals surface area contributed by atoms with E-state index in [4.69, 9.17) is 23.3 Å².